The molecule has 2 amide bonds. The van der Waals surface area contributed by atoms with E-state index in [-0.39, 0.29) is 18.4 Å². The van der Waals surface area contributed by atoms with Gasteiger partial charge in [0, 0.05) is 68.9 Å². The first-order valence-electron chi connectivity index (χ1n) is 14.8. The van der Waals surface area contributed by atoms with Gasteiger partial charge in [-0.1, -0.05) is 78.9 Å². The highest BCUT2D eigenvalue weighted by Crippen LogP contribution is 2.24. The minimum absolute atomic E-state index is 0.0531. The summed E-state index contributed by atoms with van der Waals surface area (Å²) in [4.78, 5) is 40.7. The number of rotatable bonds is 9. The molecule has 0 N–H and O–H groups in total. The predicted molar refractivity (Wildman–Crippen MR) is 170 cm³/mol. The minimum atomic E-state index is -0.701. The Morgan fingerprint density at radius 3 is 2.41 bits per heavy atom. The third-order valence-electron chi connectivity index (χ3n) is 7.97. The lowest BCUT2D eigenvalue weighted by Crippen LogP contribution is -2.52. The van der Waals surface area contributed by atoms with Gasteiger partial charge < -0.3 is 9.80 Å². The molecule has 0 saturated heterocycles. The van der Waals surface area contributed by atoms with Gasteiger partial charge in [0.05, 0.1) is 18.1 Å². The fraction of sp³-hybridized carbons (Fsp3) is 0.194. The Morgan fingerprint density at radius 2 is 1.68 bits per heavy atom. The van der Waals surface area contributed by atoms with E-state index in [4.69, 9.17) is 0 Å². The molecular formula is C36H34N6O2. The molecule has 0 aliphatic carbocycles. The van der Waals surface area contributed by atoms with Crippen LogP contribution < -0.4 is 0 Å². The second-order valence-corrected chi connectivity index (χ2v) is 11.0. The first kappa shape index (κ1) is 28.7. The zero-order chi connectivity index (χ0) is 30.3. The number of hydrogen-bond donors (Lipinski definition) is 0. The van der Waals surface area contributed by atoms with Crippen LogP contribution in [-0.4, -0.2) is 53.9 Å². The van der Waals surface area contributed by atoms with Crippen LogP contribution in [0.15, 0.2) is 116 Å². The van der Waals surface area contributed by atoms with Crippen LogP contribution in [-0.2, 0) is 42.6 Å². The highest BCUT2D eigenvalue weighted by Gasteiger charge is 2.34. The van der Waals surface area contributed by atoms with Crippen LogP contribution in [0.5, 0.6) is 0 Å². The Bertz CT molecular complexity index is 1750. The second-order valence-electron chi connectivity index (χ2n) is 11.0. The summed E-state index contributed by atoms with van der Waals surface area (Å²) < 4.78 is 1.69. The number of amides is 2. The van der Waals surface area contributed by atoms with Gasteiger partial charge in [-0.15, -0.1) is 0 Å². The SMILES string of the molecule is Cn1cc(C=CC(=O)N(Cc2ccc(-c3cnccn3)cc2)C(Cc2ccccc2)C(=O)N2CCc3ccccc3C2)cn1. The topological polar surface area (TPSA) is 84.2 Å². The first-order valence-corrected chi connectivity index (χ1v) is 14.8. The van der Waals surface area contributed by atoms with Gasteiger partial charge in [-0.05, 0) is 34.8 Å². The van der Waals surface area contributed by atoms with Crippen molar-refractivity contribution in [3.05, 3.63) is 144 Å². The summed E-state index contributed by atoms with van der Waals surface area (Å²) in [5, 5.41) is 4.21. The van der Waals surface area contributed by atoms with Crippen molar-refractivity contribution in [1.29, 1.82) is 0 Å². The van der Waals surface area contributed by atoms with E-state index < -0.39 is 6.04 Å². The molecule has 0 radical (unpaired) electrons. The van der Waals surface area contributed by atoms with Crippen LogP contribution in [0.3, 0.4) is 0 Å². The molecule has 0 spiro atoms. The number of benzene rings is 3. The lowest BCUT2D eigenvalue weighted by atomic mass is 9.97. The van der Waals surface area contributed by atoms with Gasteiger partial charge in [0.15, 0.2) is 0 Å². The molecule has 0 bridgehead atoms. The van der Waals surface area contributed by atoms with Gasteiger partial charge in [0.1, 0.15) is 6.04 Å². The summed E-state index contributed by atoms with van der Waals surface area (Å²) >= 11 is 0. The zero-order valence-electron chi connectivity index (χ0n) is 24.7. The van der Waals surface area contributed by atoms with E-state index in [1.807, 2.05) is 84.9 Å². The molecular weight excluding hydrogens is 548 g/mol. The monoisotopic (exact) mass is 582 g/mol. The standard InChI is InChI=1S/C36H34N6O2/c1-40-24-29(22-39-40)13-16-35(43)42(25-28-11-14-31(15-12-28)33-23-37-18-19-38-33)34(21-27-7-3-2-4-8-27)36(44)41-20-17-30-9-5-6-10-32(30)26-41/h2-16,18-19,22-24,34H,17,20-21,25-26H2,1H3. The maximum atomic E-state index is 14.4. The maximum absolute atomic E-state index is 14.4. The summed E-state index contributed by atoms with van der Waals surface area (Å²) in [7, 11) is 1.83. The van der Waals surface area contributed by atoms with Crippen molar-refractivity contribution in [2.75, 3.05) is 6.54 Å². The molecule has 5 aromatic rings. The number of carbonyl (C=O) groups is 2. The third kappa shape index (κ3) is 6.81. The van der Waals surface area contributed by atoms with E-state index in [1.165, 1.54) is 5.56 Å². The minimum Gasteiger partial charge on any atom is -0.336 e. The highest BCUT2D eigenvalue weighted by molar-refractivity contribution is 5.95. The molecule has 1 aliphatic rings. The van der Waals surface area contributed by atoms with Gasteiger partial charge in [-0.2, -0.15) is 5.10 Å². The van der Waals surface area contributed by atoms with Gasteiger partial charge >= 0.3 is 0 Å². The highest BCUT2D eigenvalue weighted by atomic mass is 16.2. The Hall–Kier alpha value is -5.37. The number of carbonyl (C=O) groups excluding carboxylic acids is 2. The molecule has 1 unspecified atom stereocenters. The molecule has 6 rings (SSSR count). The molecule has 1 aliphatic heterocycles. The molecule has 0 fully saturated rings. The fourth-order valence-electron chi connectivity index (χ4n) is 5.62. The van der Waals surface area contributed by atoms with Gasteiger partial charge in [-0.25, -0.2) is 0 Å². The van der Waals surface area contributed by atoms with Crippen LogP contribution >= 0.6 is 0 Å². The van der Waals surface area contributed by atoms with Crippen molar-refractivity contribution >= 4 is 17.9 Å². The number of fused-ring (bicyclic) bond motifs is 1. The zero-order valence-corrected chi connectivity index (χ0v) is 24.7. The number of hydrogen-bond acceptors (Lipinski definition) is 5. The van der Waals surface area contributed by atoms with Crippen LogP contribution in [0.1, 0.15) is 27.8 Å². The van der Waals surface area contributed by atoms with E-state index in [1.54, 1.807) is 46.5 Å². The molecule has 2 aromatic heterocycles. The predicted octanol–water partition coefficient (Wildman–Crippen LogP) is 5.12. The van der Waals surface area contributed by atoms with Crippen LogP contribution in [0.25, 0.3) is 17.3 Å². The summed E-state index contributed by atoms with van der Waals surface area (Å²) in [6.07, 6.45) is 13.1. The lowest BCUT2D eigenvalue weighted by Gasteiger charge is -2.37. The van der Waals surface area contributed by atoms with Crippen molar-refractivity contribution in [3.63, 3.8) is 0 Å². The molecule has 220 valence electrons. The Balaban J connectivity index is 1.34. The maximum Gasteiger partial charge on any atom is 0.247 e. The Kier molecular flexibility index (Phi) is 8.68. The Labute approximate surface area is 257 Å². The molecule has 1 atom stereocenters. The number of aromatic nitrogens is 4. The van der Waals surface area contributed by atoms with Crippen molar-refractivity contribution < 1.29 is 9.59 Å². The summed E-state index contributed by atoms with van der Waals surface area (Å²) in [5.74, 6) is -0.291. The van der Waals surface area contributed by atoms with E-state index in [9.17, 15) is 9.59 Å². The summed E-state index contributed by atoms with van der Waals surface area (Å²) in [5.41, 5.74) is 6.85. The molecule has 44 heavy (non-hydrogen) atoms. The molecule has 8 heteroatoms. The van der Waals surface area contributed by atoms with Crippen molar-refractivity contribution in [3.8, 4) is 11.3 Å². The van der Waals surface area contributed by atoms with Gasteiger partial charge in [-0.3, -0.25) is 24.2 Å². The average molecular weight is 583 g/mol. The van der Waals surface area contributed by atoms with Crippen molar-refractivity contribution in [2.45, 2.75) is 32.0 Å². The van der Waals surface area contributed by atoms with Gasteiger partial charge in [0.25, 0.3) is 0 Å². The average Bonchev–Trinajstić information content (AvgIpc) is 3.50. The molecule has 0 saturated carbocycles. The normalized spacial score (nSPS) is 13.4. The number of nitrogens with zero attached hydrogens (tertiary/aromatic N) is 6. The van der Waals surface area contributed by atoms with E-state index in [0.29, 0.717) is 19.5 Å². The van der Waals surface area contributed by atoms with Crippen LogP contribution in [0.2, 0.25) is 0 Å². The fourth-order valence-corrected chi connectivity index (χ4v) is 5.62. The molecule has 3 heterocycles. The third-order valence-corrected chi connectivity index (χ3v) is 7.97. The first-order chi connectivity index (χ1) is 21.5. The quantitative estimate of drug-likeness (QED) is 0.226. The molecule has 8 nitrogen and oxygen atoms in total. The van der Waals surface area contributed by atoms with Crippen LogP contribution in [0, 0.1) is 0 Å². The largest absolute Gasteiger partial charge is 0.336 e. The molecule has 3 aromatic carbocycles. The van der Waals surface area contributed by atoms with E-state index in [2.05, 4.69) is 27.2 Å². The van der Waals surface area contributed by atoms with Gasteiger partial charge in [0.2, 0.25) is 11.8 Å². The summed E-state index contributed by atoms with van der Waals surface area (Å²) in [6, 6.07) is 25.4. The van der Waals surface area contributed by atoms with E-state index in [0.717, 1.165) is 39.9 Å². The van der Waals surface area contributed by atoms with Crippen LogP contribution in [0.4, 0.5) is 0 Å². The van der Waals surface area contributed by atoms with Crippen molar-refractivity contribution in [2.24, 2.45) is 7.05 Å². The smallest absolute Gasteiger partial charge is 0.247 e. The second kappa shape index (κ2) is 13.3. The lowest BCUT2D eigenvalue weighted by molar-refractivity contribution is -0.144. The Morgan fingerprint density at radius 1 is 0.909 bits per heavy atom. The summed E-state index contributed by atoms with van der Waals surface area (Å²) in [6.45, 7) is 1.41. The van der Waals surface area contributed by atoms with E-state index >= 15 is 0 Å². The number of aryl methyl sites for hydroxylation is 1. The van der Waals surface area contributed by atoms with Crippen molar-refractivity contribution in [1.82, 2.24) is 29.5 Å².